The molecule has 4 N–H and O–H groups in total. The molecule has 172 valence electrons. The van der Waals surface area contributed by atoms with Crippen LogP contribution >= 0.6 is 11.6 Å². The molecular formula is C20H17ClFN5O6. The van der Waals surface area contributed by atoms with Crippen LogP contribution in [0.4, 0.5) is 10.2 Å². The number of nitrogens with two attached hydrogens (primary N) is 1. The van der Waals surface area contributed by atoms with Gasteiger partial charge in [0.1, 0.15) is 5.52 Å². The Morgan fingerprint density at radius 2 is 1.94 bits per heavy atom. The summed E-state index contributed by atoms with van der Waals surface area (Å²) < 4.78 is 27.9. The highest BCUT2D eigenvalue weighted by molar-refractivity contribution is 6.28. The van der Waals surface area contributed by atoms with E-state index in [1.165, 1.54) is 10.9 Å². The number of aliphatic carboxylic acids is 2. The second-order valence-electron chi connectivity index (χ2n) is 7.90. The van der Waals surface area contributed by atoms with Crippen LogP contribution in [0.3, 0.4) is 0 Å². The maximum Gasteiger partial charge on any atom is 0.348 e. The third kappa shape index (κ3) is 3.37. The molecule has 2 unspecified atom stereocenters. The zero-order chi connectivity index (χ0) is 23.5. The highest BCUT2D eigenvalue weighted by Crippen LogP contribution is 2.54. The predicted octanol–water partition coefficient (Wildman–Crippen LogP) is 1.46. The number of aromatic nitrogens is 4. The first-order valence-electron chi connectivity index (χ1n) is 9.86. The lowest BCUT2D eigenvalue weighted by molar-refractivity contribution is -0.191. The van der Waals surface area contributed by atoms with Crippen molar-refractivity contribution in [3.63, 3.8) is 0 Å². The van der Waals surface area contributed by atoms with Gasteiger partial charge in [-0.15, -0.1) is 0 Å². The first kappa shape index (κ1) is 21.5. The number of nitrogens with zero attached hydrogens (tertiary/aromatic N) is 4. The number of carbonyl (C=O) groups is 2. The molecule has 11 nitrogen and oxygen atoms in total. The van der Waals surface area contributed by atoms with Crippen LogP contribution in [0.1, 0.15) is 11.8 Å². The quantitative estimate of drug-likeness (QED) is 0.335. The van der Waals surface area contributed by atoms with Gasteiger partial charge in [0.15, 0.2) is 23.9 Å². The molecule has 33 heavy (non-hydrogen) atoms. The Balaban J connectivity index is 1.38. The molecule has 1 aromatic carbocycles. The van der Waals surface area contributed by atoms with E-state index in [9.17, 15) is 19.8 Å². The summed E-state index contributed by atoms with van der Waals surface area (Å²) >= 11 is 5.85. The van der Waals surface area contributed by atoms with E-state index in [4.69, 9.17) is 26.8 Å². The minimum atomic E-state index is -2.59. The number of imidazole rings is 1. The second kappa shape index (κ2) is 7.61. The van der Waals surface area contributed by atoms with Crippen molar-refractivity contribution < 1.29 is 33.7 Å². The number of nitrogen functional groups attached to an aromatic ring is 1. The summed E-state index contributed by atoms with van der Waals surface area (Å²) in [5, 5.41) is 19.3. The molecule has 1 saturated carbocycles. The number of carboxylic acid groups (broad SMARTS) is 2. The van der Waals surface area contributed by atoms with Gasteiger partial charge in [-0.05, 0) is 17.2 Å². The largest absolute Gasteiger partial charge is 0.479 e. The lowest BCUT2D eigenvalue weighted by atomic mass is 9.94. The van der Waals surface area contributed by atoms with E-state index >= 15 is 4.39 Å². The summed E-state index contributed by atoms with van der Waals surface area (Å²) in [5.74, 6) is -4.20. The molecule has 0 amide bonds. The second-order valence-corrected chi connectivity index (χ2v) is 8.24. The van der Waals surface area contributed by atoms with Crippen LogP contribution < -0.4 is 5.73 Å². The van der Waals surface area contributed by atoms with Crippen LogP contribution in [0, 0.1) is 5.92 Å². The Labute approximate surface area is 189 Å². The number of hydrogen-bond donors (Lipinski definition) is 3. The third-order valence-electron chi connectivity index (χ3n) is 5.90. The molecule has 0 radical (unpaired) electrons. The van der Waals surface area contributed by atoms with Gasteiger partial charge in [0, 0.05) is 6.42 Å². The van der Waals surface area contributed by atoms with Crippen LogP contribution in [0.5, 0.6) is 0 Å². The van der Waals surface area contributed by atoms with E-state index in [1.807, 2.05) is 0 Å². The average Bonchev–Trinajstić information content (AvgIpc) is 3.07. The van der Waals surface area contributed by atoms with Crippen molar-refractivity contribution in [1.29, 1.82) is 0 Å². The van der Waals surface area contributed by atoms with Gasteiger partial charge in [-0.25, -0.2) is 19.0 Å². The number of hydrogen-bond acceptors (Lipinski definition) is 8. The van der Waals surface area contributed by atoms with Gasteiger partial charge in [0.05, 0.1) is 24.5 Å². The summed E-state index contributed by atoms with van der Waals surface area (Å²) in [4.78, 5) is 35.9. The lowest BCUT2D eigenvalue weighted by Gasteiger charge is -2.28. The molecule has 5 atom stereocenters. The summed E-state index contributed by atoms with van der Waals surface area (Å²) in [6.45, 7) is 0. The molecule has 3 heterocycles. The molecule has 5 rings (SSSR count). The maximum absolute atomic E-state index is 15.3. The van der Waals surface area contributed by atoms with Crippen molar-refractivity contribution in [1.82, 2.24) is 19.5 Å². The van der Waals surface area contributed by atoms with Crippen molar-refractivity contribution in [2.75, 3.05) is 5.73 Å². The minimum absolute atomic E-state index is 0.0251. The average molecular weight is 478 g/mol. The summed E-state index contributed by atoms with van der Waals surface area (Å²) in [7, 11) is 0. The number of anilines is 1. The number of halogens is 2. The van der Waals surface area contributed by atoms with Gasteiger partial charge >= 0.3 is 11.9 Å². The molecule has 1 aliphatic heterocycles. The summed E-state index contributed by atoms with van der Waals surface area (Å²) in [5.41, 5.74) is 4.03. The molecule has 2 aromatic heterocycles. The fourth-order valence-corrected chi connectivity index (χ4v) is 4.37. The molecular weight excluding hydrogens is 461 g/mol. The predicted molar refractivity (Wildman–Crippen MR) is 110 cm³/mol. The van der Waals surface area contributed by atoms with Gasteiger partial charge in [0.25, 0.3) is 5.60 Å². The number of alkyl halides is 1. The van der Waals surface area contributed by atoms with Crippen LogP contribution in [0.15, 0.2) is 36.7 Å². The van der Waals surface area contributed by atoms with E-state index in [-0.39, 0.29) is 22.3 Å². The number of carboxylic acids is 2. The summed E-state index contributed by atoms with van der Waals surface area (Å²) in [6, 6.07) is 8.19. The Morgan fingerprint density at radius 3 is 2.55 bits per heavy atom. The fourth-order valence-electron chi connectivity index (χ4n) is 4.20. The van der Waals surface area contributed by atoms with Crippen molar-refractivity contribution >= 4 is 40.5 Å². The highest BCUT2D eigenvalue weighted by Gasteiger charge is 2.69. The van der Waals surface area contributed by atoms with Crippen molar-refractivity contribution in [2.24, 2.45) is 5.92 Å². The van der Waals surface area contributed by atoms with Gasteiger partial charge in [-0.2, -0.15) is 9.97 Å². The van der Waals surface area contributed by atoms with E-state index < -0.39 is 54.5 Å². The smallest absolute Gasteiger partial charge is 0.348 e. The molecule has 1 saturated heterocycles. The maximum atomic E-state index is 15.3. The van der Waals surface area contributed by atoms with Crippen molar-refractivity contribution in [2.45, 2.75) is 36.6 Å². The number of fused-ring (bicyclic) bond motifs is 2. The van der Waals surface area contributed by atoms with Gasteiger partial charge in [-0.1, -0.05) is 30.3 Å². The van der Waals surface area contributed by atoms with Crippen LogP contribution in [0.2, 0.25) is 5.28 Å². The van der Waals surface area contributed by atoms with Gasteiger partial charge in [-0.3, -0.25) is 4.57 Å². The zero-order valence-electron chi connectivity index (χ0n) is 16.7. The SMILES string of the molecule is Nc1nc(Cl)nc2c1ncn2[C@@H]1O[C@@H]2C(OC(Cc3ccccc3)(C(=O)O)C(=O)O)C2[C@@H]1F. The minimum Gasteiger partial charge on any atom is -0.479 e. The van der Waals surface area contributed by atoms with E-state index in [2.05, 4.69) is 15.0 Å². The Bertz CT molecular complexity index is 1240. The zero-order valence-corrected chi connectivity index (χ0v) is 17.5. The molecule has 2 fully saturated rings. The third-order valence-corrected chi connectivity index (χ3v) is 6.07. The van der Waals surface area contributed by atoms with E-state index in [0.717, 1.165) is 0 Å². The first-order chi connectivity index (χ1) is 15.7. The lowest BCUT2D eigenvalue weighted by Crippen LogP contribution is -2.52. The van der Waals surface area contributed by atoms with Crippen molar-refractivity contribution in [3.8, 4) is 0 Å². The van der Waals surface area contributed by atoms with Gasteiger partial charge < -0.3 is 25.4 Å². The Morgan fingerprint density at radius 1 is 1.24 bits per heavy atom. The first-order valence-corrected chi connectivity index (χ1v) is 10.2. The van der Waals surface area contributed by atoms with Gasteiger partial charge in [0.2, 0.25) is 5.28 Å². The van der Waals surface area contributed by atoms with Crippen molar-refractivity contribution in [3.05, 3.63) is 47.5 Å². The molecule has 0 spiro atoms. The molecule has 3 aromatic rings. The van der Waals surface area contributed by atoms with Crippen LogP contribution in [-0.2, 0) is 25.5 Å². The Hall–Kier alpha value is -3.35. The molecule has 13 heteroatoms. The molecule has 2 aliphatic rings. The van der Waals surface area contributed by atoms with Crippen LogP contribution in [0.25, 0.3) is 11.2 Å². The number of ether oxygens (including phenoxy) is 2. The van der Waals surface area contributed by atoms with E-state index in [1.54, 1.807) is 30.3 Å². The molecule has 1 aliphatic carbocycles. The standard InChI is InChI=1S/C20H17ClFN5O6/c21-19-25-14(23)11-15(26-19)27(7-24-11)16-10(22)9-12(32-16)13(9)33-20(17(28)29,18(30)31)6-8-4-2-1-3-5-8/h1-5,7,9-10,12-13,16H,6H2,(H,28,29)(H,30,31)(H2,23,25,26)/t9?,10-,12-,13?,16+/m0/s1. The number of rotatable bonds is 7. The fraction of sp³-hybridized carbons (Fsp3) is 0.350. The number of benzene rings is 1. The monoisotopic (exact) mass is 477 g/mol. The molecule has 0 bridgehead atoms. The Kier molecular flexibility index (Phi) is 4.96. The van der Waals surface area contributed by atoms with E-state index in [0.29, 0.717) is 5.56 Å². The topological polar surface area (TPSA) is 163 Å². The summed E-state index contributed by atoms with van der Waals surface area (Å²) in [6.07, 6.45) is -3.83. The van der Waals surface area contributed by atoms with Crippen LogP contribution in [-0.4, -0.2) is 65.7 Å². The highest BCUT2D eigenvalue weighted by atomic mass is 35.5. The normalized spacial score (nSPS) is 26.3.